The minimum Gasteiger partial charge on any atom is -0.481 e. The first-order chi connectivity index (χ1) is 11.9. The highest BCUT2D eigenvalue weighted by Crippen LogP contribution is 2.24. The molecule has 132 valence electrons. The van der Waals surface area contributed by atoms with E-state index in [1.54, 1.807) is 44.2 Å². The maximum Gasteiger partial charge on any atom is 0.338 e. The van der Waals surface area contributed by atoms with Crippen molar-refractivity contribution in [1.29, 1.82) is 0 Å². The summed E-state index contributed by atoms with van der Waals surface area (Å²) >= 11 is 12.0. The van der Waals surface area contributed by atoms with Crippen molar-refractivity contribution in [2.45, 2.75) is 20.0 Å². The first kappa shape index (κ1) is 19.1. The Labute approximate surface area is 155 Å². The number of anilines is 1. The number of amides is 1. The SMILES string of the molecule is CCOC(=O)c1ccc(NC(=O)[C@@H](C)Oc2cccc(Cl)c2)c(Cl)c1. The highest BCUT2D eigenvalue weighted by molar-refractivity contribution is 6.34. The van der Waals surface area contributed by atoms with E-state index in [1.807, 2.05) is 0 Å². The van der Waals surface area contributed by atoms with Crippen molar-refractivity contribution in [3.05, 3.63) is 58.1 Å². The van der Waals surface area contributed by atoms with E-state index in [9.17, 15) is 9.59 Å². The molecule has 0 bridgehead atoms. The van der Waals surface area contributed by atoms with Crippen LogP contribution in [0.3, 0.4) is 0 Å². The summed E-state index contributed by atoms with van der Waals surface area (Å²) in [5.74, 6) is -0.371. The van der Waals surface area contributed by atoms with E-state index in [4.69, 9.17) is 32.7 Å². The molecule has 7 heteroatoms. The standard InChI is InChI=1S/C18H17Cl2NO4/c1-3-24-18(23)12-7-8-16(15(20)9-12)21-17(22)11(2)25-14-6-4-5-13(19)10-14/h4-11H,3H2,1-2H3,(H,21,22)/t11-/m1/s1. The maximum atomic E-state index is 12.3. The van der Waals surface area contributed by atoms with Crippen LogP contribution in [0.4, 0.5) is 5.69 Å². The summed E-state index contributed by atoms with van der Waals surface area (Å²) in [5.41, 5.74) is 0.689. The van der Waals surface area contributed by atoms with Gasteiger partial charge in [-0.15, -0.1) is 0 Å². The zero-order chi connectivity index (χ0) is 18.4. The first-order valence-electron chi connectivity index (χ1n) is 7.60. The second kappa shape index (κ2) is 8.74. The van der Waals surface area contributed by atoms with Crippen LogP contribution in [0.2, 0.25) is 10.0 Å². The van der Waals surface area contributed by atoms with Crippen LogP contribution < -0.4 is 10.1 Å². The molecule has 0 spiro atoms. The van der Waals surface area contributed by atoms with Gasteiger partial charge in [0.1, 0.15) is 5.75 Å². The number of halogens is 2. The molecule has 0 aliphatic heterocycles. The number of ether oxygens (including phenoxy) is 2. The van der Waals surface area contributed by atoms with Crippen LogP contribution in [-0.2, 0) is 9.53 Å². The fourth-order valence-electron chi connectivity index (χ4n) is 1.99. The van der Waals surface area contributed by atoms with E-state index in [2.05, 4.69) is 5.32 Å². The molecule has 5 nitrogen and oxygen atoms in total. The largest absolute Gasteiger partial charge is 0.481 e. The summed E-state index contributed by atoms with van der Waals surface area (Å²) < 4.78 is 10.5. The van der Waals surface area contributed by atoms with Crippen LogP contribution in [0, 0.1) is 0 Å². The fraction of sp³-hybridized carbons (Fsp3) is 0.222. The van der Waals surface area contributed by atoms with Gasteiger partial charge >= 0.3 is 5.97 Å². The zero-order valence-electron chi connectivity index (χ0n) is 13.7. The summed E-state index contributed by atoms with van der Waals surface area (Å²) in [5, 5.41) is 3.41. The van der Waals surface area contributed by atoms with E-state index in [0.717, 1.165) is 0 Å². The third-order valence-electron chi connectivity index (χ3n) is 3.22. The van der Waals surface area contributed by atoms with E-state index in [0.29, 0.717) is 22.0 Å². The van der Waals surface area contributed by atoms with Gasteiger partial charge in [0, 0.05) is 5.02 Å². The van der Waals surface area contributed by atoms with Crippen LogP contribution >= 0.6 is 23.2 Å². The molecule has 25 heavy (non-hydrogen) atoms. The topological polar surface area (TPSA) is 64.6 Å². The molecule has 0 radical (unpaired) electrons. The Kier molecular flexibility index (Phi) is 6.67. The van der Waals surface area contributed by atoms with Crippen LogP contribution in [-0.4, -0.2) is 24.6 Å². The predicted octanol–water partition coefficient (Wildman–Crippen LogP) is 4.58. The number of hydrogen-bond acceptors (Lipinski definition) is 4. The molecule has 0 saturated carbocycles. The third-order valence-corrected chi connectivity index (χ3v) is 3.76. The van der Waals surface area contributed by atoms with Gasteiger partial charge in [-0.05, 0) is 50.2 Å². The number of carbonyl (C=O) groups excluding carboxylic acids is 2. The summed E-state index contributed by atoms with van der Waals surface area (Å²) in [4.78, 5) is 23.9. The van der Waals surface area contributed by atoms with Crippen molar-refractivity contribution >= 4 is 40.8 Å². The summed E-state index contributed by atoms with van der Waals surface area (Å²) in [7, 11) is 0. The molecule has 0 heterocycles. The lowest BCUT2D eigenvalue weighted by molar-refractivity contribution is -0.122. The average Bonchev–Trinajstić information content (AvgIpc) is 2.56. The Balaban J connectivity index is 2.03. The lowest BCUT2D eigenvalue weighted by Gasteiger charge is -2.15. The number of hydrogen-bond donors (Lipinski definition) is 1. The van der Waals surface area contributed by atoms with Crippen molar-refractivity contribution in [3.8, 4) is 5.75 Å². The summed E-state index contributed by atoms with van der Waals surface area (Å²) in [6.45, 7) is 3.60. The molecule has 2 aromatic carbocycles. The Morgan fingerprint density at radius 1 is 1.16 bits per heavy atom. The van der Waals surface area contributed by atoms with Crippen molar-refractivity contribution < 1.29 is 19.1 Å². The van der Waals surface area contributed by atoms with E-state index >= 15 is 0 Å². The number of rotatable bonds is 6. The van der Waals surface area contributed by atoms with Gasteiger partial charge in [-0.1, -0.05) is 29.3 Å². The Hall–Kier alpha value is -2.24. The molecule has 0 aromatic heterocycles. The normalized spacial score (nSPS) is 11.5. The molecule has 0 aliphatic rings. The molecular weight excluding hydrogens is 365 g/mol. The summed E-state index contributed by atoms with van der Waals surface area (Å²) in [6.07, 6.45) is -0.765. The van der Waals surface area contributed by atoms with Gasteiger partial charge in [0.15, 0.2) is 6.10 Å². The van der Waals surface area contributed by atoms with Gasteiger partial charge in [-0.25, -0.2) is 4.79 Å². The van der Waals surface area contributed by atoms with Crippen molar-refractivity contribution in [2.24, 2.45) is 0 Å². The fourth-order valence-corrected chi connectivity index (χ4v) is 2.40. The van der Waals surface area contributed by atoms with Crippen molar-refractivity contribution in [2.75, 3.05) is 11.9 Å². The highest BCUT2D eigenvalue weighted by atomic mass is 35.5. The second-order valence-electron chi connectivity index (χ2n) is 5.12. The first-order valence-corrected chi connectivity index (χ1v) is 8.36. The minimum absolute atomic E-state index is 0.230. The smallest absolute Gasteiger partial charge is 0.338 e. The van der Waals surface area contributed by atoms with Gasteiger partial charge < -0.3 is 14.8 Å². The number of esters is 1. The highest BCUT2D eigenvalue weighted by Gasteiger charge is 2.17. The van der Waals surface area contributed by atoms with E-state index in [-0.39, 0.29) is 17.5 Å². The van der Waals surface area contributed by atoms with Crippen LogP contribution in [0.15, 0.2) is 42.5 Å². The monoisotopic (exact) mass is 381 g/mol. The molecule has 0 aliphatic carbocycles. The Morgan fingerprint density at radius 3 is 2.56 bits per heavy atom. The quantitative estimate of drug-likeness (QED) is 0.743. The van der Waals surface area contributed by atoms with Crippen LogP contribution in [0.5, 0.6) is 5.75 Å². The van der Waals surface area contributed by atoms with Crippen LogP contribution in [0.25, 0.3) is 0 Å². The number of benzene rings is 2. The summed E-state index contributed by atoms with van der Waals surface area (Å²) in [6, 6.07) is 11.3. The predicted molar refractivity (Wildman–Crippen MR) is 97.6 cm³/mol. The molecule has 2 aromatic rings. The lowest BCUT2D eigenvalue weighted by Crippen LogP contribution is -2.30. The second-order valence-corrected chi connectivity index (χ2v) is 5.97. The van der Waals surface area contributed by atoms with Gasteiger partial charge in [-0.2, -0.15) is 0 Å². The lowest BCUT2D eigenvalue weighted by atomic mass is 10.2. The third kappa shape index (κ3) is 5.37. The Bertz CT molecular complexity index is 779. The maximum absolute atomic E-state index is 12.3. The van der Waals surface area contributed by atoms with Gasteiger partial charge in [0.2, 0.25) is 0 Å². The molecule has 1 amide bonds. The van der Waals surface area contributed by atoms with E-state index < -0.39 is 12.1 Å². The number of carbonyl (C=O) groups is 2. The average molecular weight is 382 g/mol. The molecular formula is C18H17Cl2NO4. The van der Waals surface area contributed by atoms with E-state index in [1.165, 1.54) is 12.1 Å². The van der Waals surface area contributed by atoms with Gasteiger partial charge in [0.25, 0.3) is 5.91 Å². The van der Waals surface area contributed by atoms with Crippen LogP contribution in [0.1, 0.15) is 24.2 Å². The molecule has 1 N–H and O–H groups in total. The molecule has 2 rings (SSSR count). The van der Waals surface area contributed by atoms with Crippen molar-refractivity contribution in [1.82, 2.24) is 0 Å². The molecule has 0 saturated heterocycles. The minimum atomic E-state index is -0.765. The van der Waals surface area contributed by atoms with Crippen molar-refractivity contribution in [3.63, 3.8) is 0 Å². The molecule has 0 fully saturated rings. The Morgan fingerprint density at radius 2 is 1.92 bits per heavy atom. The number of nitrogens with one attached hydrogen (secondary N) is 1. The molecule has 1 atom stereocenters. The molecule has 0 unspecified atom stereocenters. The van der Waals surface area contributed by atoms with Gasteiger partial charge in [0.05, 0.1) is 22.9 Å². The zero-order valence-corrected chi connectivity index (χ0v) is 15.2. The van der Waals surface area contributed by atoms with Gasteiger partial charge in [-0.3, -0.25) is 4.79 Å².